The van der Waals surface area contributed by atoms with Crippen LogP contribution in [0.5, 0.6) is 0 Å². The van der Waals surface area contributed by atoms with E-state index in [-0.39, 0.29) is 11.9 Å². The number of anilines is 2. The zero-order valence-electron chi connectivity index (χ0n) is 11.6. The highest BCUT2D eigenvalue weighted by Gasteiger charge is 2.06. The van der Waals surface area contributed by atoms with Gasteiger partial charge < -0.3 is 11.1 Å². The maximum Gasteiger partial charge on any atom is 0.224 e. The number of nitrogens with zero attached hydrogens (tertiary/aromatic N) is 2. The molecule has 5 heteroatoms. The first-order valence-electron chi connectivity index (χ1n) is 6.53. The Morgan fingerprint density at radius 1 is 1.25 bits per heavy atom. The van der Waals surface area contributed by atoms with Crippen LogP contribution in [0.4, 0.5) is 11.6 Å². The largest absolute Gasteiger partial charge is 0.368 e. The van der Waals surface area contributed by atoms with Crippen LogP contribution >= 0.6 is 0 Å². The number of nitrogen functional groups attached to an aromatic ring is 1. The fourth-order valence-corrected chi connectivity index (χ4v) is 1.84. The van der Waals surface area contributed by atoms with E-state index in [0.717, 1.165) is 16.9 Å². The Morgan fingerprint density at radius 3 is 2.55 bits per heavy atom. The molecule has 1 aromatic carbocycles. The molecule has 0 aliphatic carbocycles. The highest BCUT2D eigenvalue weighted by atomic mass is 16.1. The molecule has 3 N–H and O–H groups in total. The van der Waals surface area contributed by atoms with Crippen LogP contribution in [0.2, 0.25) is 0 Å². The van der Waals surface area contributed by atoms with Crippen LogP contribution in [-0.4, -0.2) is 15.9 Å². The quantitative estimate of drug-likeness (QED) is 0.895. The maximum atomic E-state index is 11.7. The third-order valence-electron chi connectivity index (χ3n) is 2.73. The first kappa shape index (κ1) is 14.0. The Hall–Kier alpha value is -2.43. The van der Waals surface area contributed by atoms with E-state index >= 15 is 0 Å². The summed E-state index contributed by atoms with van der Waals surface area (Å²) < 4.78 is 0. The second kappa shape index (κ2) is 6.14. The normalized spacial score (nSPS) is 10.6. The van der Waals surface area contributed by atoms with Crippen LogP contribution in [0.1, 0.15) is 20.3 Å². The molecule has 0 saturated heterocycles. The lowest BCUT2D eigenvalue weighted by Crippen LogP contribution is -2.13. The van der Waals surface area contributed by atoms with Crippen molar-refractivity contribution in [3.05, 3.63) is 36.5 Å². The topological polar surface area (TPSA) is 80.9 Å². The van der Waals surface area contributed by atoms with Crippen molar-refractivity contribution in [2.24, 2.45) is 5.92 Å². The SMILES string of the molecule is CC(C)CC(=O)Nc1ccc(-c2ccnc(N)n2)cc1. The van der Waals surface area contributed by atoms with Crippen molar-refractivity contribution in [2.75, 3.05) is 11.1 Å². The Kier molecular flexibility index (Phi) is 4.30. The van der Waals surface area contributed by atoms with Crippen LogP contribution < -0.4 is 11.1 Å². The molecule has 0 spiro atoms. The van der Waals surface area contributed by atoms with Gasteiger partial charge in [0.1, 0.15) is 0 Å². The minimum absolute atomic E-state index is 0.0269. The van der Waals surface area contributed by atoms with Gasteiger partial charge in [-0.15, -0.1) is 0 Å². The van der Waals surface area contributed by atoms with Crippen molar-refractivity contribution in [1.29, 1.82) is 0 Å². The molecule has 104 valence electrons. The standard InChI is InChI=1S/C15H18N4O/c1-10(2)9-14(20)18-12-5-3-11(4-6-12)13-7-8-17-15(16)19-13/h3-8,10H,9H2,1-2H3,(H,18,20)(H2,16,17,19). The molecule has 0 radical (unpaired) electrons. The number of aromatic nitrogens is 2. The number of hydrogen-bond donors (Lipinski definition) is 2. The van der Waals surface area contributed by atoms with Crippen LogP contribution in [0.25, 0.3) is 11.3 Å². The fraction of sp³-hybridized carbons (Fsp3) is 0.267. The molecule has 0 atom stereocenters. The van der Waals surface area contributed by atoms with E-state index in [1.807, 2.05) is 38.1 Å². The second-order valence-electron chi connectivity index (χ2n) is 5.02. The van der Waals surface area contributed by atoms with Gasteiger partial charge in [0, 0.05) is 23.9 Å². The number of carbonyl (C=O) groups excluding carboxylic acids is 1. The van der Waals surface area contributed by atoms with Gasteiger partial charge in [0.25, 0.3) is 0 Å². The van der Waals surface area contributed by atoms with E-state index in [2.05, 4.69) is 15.3 Å². The molecule has 20 heavy (non-hydrogen) atoms. The number of nitrogens with one attached hydrogen (secondary N) is 1. The minimum Gasteiger partial charge on any atom is -0.368 e. The number of rotatable bonds is 4. The Morgan fingerprint density at radius 2 is 1.95 bits per heavy atom. The summed E-state index contributed by atoms with van der Waals surface area (Å²) in [6.45, 7) is 4.03. The molecule has 0 unspecified atom stereocenters. The monoisotopic (exact) mass is 270 g/mol. The van der Waals surface area contributed by atoms with Crippen molar-refractivity contribution in [1.82, 2.24) is 9.97 Å². The van der Waals surface area contributed by atoms with Crippen molar-refractivity contribution < 1.29 is 4.79 Å². The predicted octanol–water partition coefficient (Wildman–Crippen LogP) is 2.71. The van der Waals surface area contributed by atoms with Gasteiger partial charge >= 0.3 is 0 Å². The second-order valence-corrected chi connectivity index (χ2v) is 5.02. The molecule has 2 aromatic rings. The lowest BCUT2D eigenvalue weighted by molar-refractivity contribution is -0.116. The summed E-state index contributed by atoms with van der Waals surface area (Å²) in [6, 6.07) is 9.29. The summed E-state index contributed by atoms with van der Waals surface area (Å²) in [5.74, 6) is 0.620. The van der Waals surface area contributed by atoms with Crippen molar-refractivity contribution in [3.63, 3.8) is 0 Å². The molecule has 0 aliphatic rings. The van der Waals surface area contributed by atoms with Gasteiger partial charge in [-0.25, -0.2) is 9.97 Å². The highest BCUT2D eigenvalue weighted by Crippen LogP contribution is 2.20. The first-order valence-corrected chi connectivity index (χ1v) is 6.53. The molecule has 5 nitrogen and oxygen atoms in total. The molecular weight excluding hydrogens is 252 g/mol. The Balaban J connectivity index is 2.08. The Labute approximate surface area is 118 Å². The van der Waals surface area contributed by atoms with Crippen molar-refractivity contribution >= 4 is 17.5 Å². The van der Waals surface area contributed by atoms with Gasteiger partial charge in [-0.2, -0.15) is 0 Å². The van der Waals surface area contributed by atoms with E-state index < -0.39 is 0 Å². The number of amides is 1. The van der Waals surface area contributed by atoms with Gasteiger partial charge in [-0.05, 0) is 24.1 Å². The van der Waals surface area contributed by atoms with Crippen molar-refractivity contribution in [3.8, 4) is 11.3 Å². The summed E-state index contributed by atoms with van der Waals surface area (Å²) in [6.07, 6.45) is 2.14. The van der Waals surface area contributed by atoms with Crippen LogP contribution in [0.15, 0.2) is 36.5 Å². The number of carbonyl (C=O) groups is 1. The Bertz CT molecular complexity index is 593. The molecule has 0 bridgehead atoms. The minimum atomic E-state index is 0.0269. The third kappa shape index (κ3) is 3.78. The van der Waals surface area contributed by atoms with Gasteiger partial charge in [0.05, 0.1) is 5.69 Å². The first-order chi connectivity index (χ1) is 9.54. The number of nitrogens with two attached hydrogens (primary N) is 1. The summed E-state index contributed by atoms with van der Waals surface area (Å²) in [5.41, 5.74) is 8.03. The summed E-state index contributed by atoms with van der Waals surface area (Å²) in [4.78, 5) is 19.7. The predicted molar refractivity (Wildman–Crippen MR) is 80.0 cm³/mol. The summed E-state index contributed by atoms with van der Waals surface area (Å²) in [5, 5.41) is 2.87. The highest BCUT2D eigenvalue weighted by molar-refractivity contribution is 5.91. The average molecular weight is 270 g/mol. The lowest BCUT2D eigenvalue weighted by Gasteiger charge is -2.08. The molecule has 0 saturated carbocycles. The van der Waals surface area contributed by atoms with Crippen LogP contribution in [-0.2, 0) is 4.79 Å². The molecule has 0 fully saturated rings. The zero-order chi connectivity index (χ0) is 14.5. The molecule has 2 rings (SSSR count). The van der Waals surface area contributed by atoms with E-state index in [4.69, 9.17) is 5.73 Å². The fourth-order valence-electron chi connectivity index (χ4n) is 1.84. The van der Waals surface area contributed by atoms with Gasteiger partial charge in [-0.1, -0.05) is 26.0 Å². The van der Waals surface area contributed by atoms with Gasteiger partial charge in [0.2, 0.25) is 11.9 Å². The molecule has 1 amide bonds. The maximum absolute atomic E-state index is 11.7. The van der Waals surface area contributed by atoms with E-state index in [1.54, 1.807) is 12.3 Å². The number of benzene rings is 1. The number of hydrogen-bond acceptors (Lipinski definition) is 4. The molecule has 0 aliphatic heterocycles. The summed E-state index contributed by atoms with van der Waals surface area (Å²) in [7, 11) is 0. The molecule has 1 aromatic heterocycles. The van der Waals surface area contributed by atoms with E-state index in [9.17, 15) is 4.79 Å². The zero-order valence-corrected chi connectivity index (χ0v) is 11.6. The van der Waals surface area contributed by atoms with Gasteiger partial charge in [-0.3, -0.25) is 4.79 Å². The van der Waals surface area contributed by atoms with Gasteiger partial charge in [0.15, 0.2) is 0 Å². The lowest BCUT2D eigenvalue weighted by atomic mass is 10.1. The summed E-state index contributed by atoms with van der Waals surface area (Å²) >= 11 is 0. The van der Waals surface area contributed by atoms with Crippen molar-refractivity contribution in [2.45, 2.75) is 20.3 Å². The molecule has 1 heterocycles. The molecular formula is C15H18N4O. The van der Waals surface area contributed by atoms with E-state index in [1.165, 1.54) is 0 Å². The average Bonchev–Trinajstić information content (AvgIpc) is 2.38. The van der Waals surface area contributed by atoms with E-state index in [0.29, 0.717) is 12.3 Å². The van der Waals surface area contributed by atoms with Crippen LogP contribution in [0.3, 0.4) is 0 Å². The third-order valence-corrected chi connectivity index (χ3v) is 2.73. The smallest absolute Gasteiger partial charge is 0.224 e. The van der Waals surface area contributed by atoms with Crippen LogP contribution in [0, 0.1) is 5.92 Å².